The normalized spacial score (nSPS) is 11.5. The minimum Gasteiger partial charge on any atom is -0.489 e. The molecule has 3 aromatic carbocycles. The number of alkyl halides is 3. The fraction of sp³-hybridized carbons (Fsp3) is 0.160. The molecule has 0 N–H and O–H groups in total. The van der Waals surface area contributed by atoms with Crippen LogP contribution in [0.1, 0.15) is 23.8 Å². The van der Waals surface area contributed by atoms with Crippen molar-refractivity contribution in [2.45, 2.75) is 26.1 Å². The molecule has 0 radical (unpaired) electrons. The van der Waals surface area contributed by atoms with Gasteiger partial charge in [0.25, 0.3) is 5.76 Å². The van der Waals surface area contributed by atoms with Crippen molar-refractivity contribution in [3.8, 4) is 17.2 Å². The summed E-state index contributed by atoms with van der Waals surface area (Å²) in [5.74, 6) is -2.02. The lowest BCUT2D eigenvalue weighted by molar-refractivity contribution is -0.154. The number of benzene rings is 3. The van der Waals surface area contributed by atoms with E-state index in [2.05, 4.69) is 15.9 Å². The van der Waals surface area contributed by atoms with Crippen LogP contribution in [0.3, 0.4) is 0 Å². The third-order valence-corrected chi connectivity index (χ3v) is 5.48. The van der Waals surface area contributed by atoms with Crippen molar-refractivity contribution in [1.82, 2.24) is 0 Å². The van der Waals surface area contributed by atoms with Crippen LogP contribution in [0.4, 0.5) is 13.2 Å². The van der Waals surface area contributed by atoms with Gasteiger partial charge in [0.1, 0.15) is 23.7 Å². The van der Waals surface area contributed by atoms with Crippen molar-refractivity contribution in [1.29, 1.82) is 0 Å². The molecule has 0 saturated heterocycles. The average molecular weight is 519 g/mol. The summed E-state index contributed by atoms with van der Waals surface area (Å²) in [6, 6.07) is 18.0. The number of hydrogen-bond donors (Lipinski definition) is 0. The van der Waals surface area contributed by atoms with E-state index in [1.165, 1.54) is 30.3 Å². The van der Waals surface area contributed by atoms with E-state index in [9.17, 15) is 18.0 Å². The molecular weight excluding hydrogens is 501 g/mol. The molecule has 0 unspecified atom stereocenters. The van der Waals surface area contributed by atoms with Gasteiger partial charge in [-0.3, -0.25) is 4.79 Å². The monoisotopic (exact) mass is 518 g/mol. The summed E-state index contributed by atoms with van der Waals surface area (Å²) in [7, 11) is 0. The van der Waals surface area contributed by atoms with Crippen LogP contribution in [0.15, 0.2) is 80.4 Å². The van der Waals surface area contributed by atoms with Crippen molar-refractivity contribution < 1.29 is 27.1 Å². The number of aryl methyl sites for hydroxylation is 1. The Morgan fingerprint density at radius 2 is 1.55 bits per heavy atom. The summed E-state index contributed by atoms with van der Waals surface area (Å²) in [5, 5.41) is -0.0424. The molecule has 33 heavy (non-hydrogen) atoms. The van der Waals surface area contributed by atoms with Crippen LogP contribution < -0.4 is 14.9 Å². The molecule has 1 heterocycles. The highest BCUT2D eigenvalue weighted by Crippen LogP contribution is 2.38. The fourth-order valence-corrected chi connectivity index (χ4v) is 3.45. The molecule has 4 rings (SSSR count). The van der Waals surface area contributed by atoms with Crippen LogP contribution in [0.2, 0.25) is 0 Å². The second-order valence-electron chi connectivity index (χ2n) is 7.26. The summed E-state index contributed by atoms with van der Waals surface area (Å²) >= 11 is 3.35. The number of halogens is 4. The Morgan fingerprint density at radius 3 is 2.18 bits per heavy atom. The number of fused-ring (bicyclic) bond motifs is 1. The van der Waals surface area contributed by atoms with Gasteiger partial charge in [0.2, 0.25) is 11.2 Å². The van der Waals surface area contributed by atoms with Gasteiger partial charge in [-0.05, 0) is 53.9 Å². The highest BCUT2D eigenvalue weighted by molar-refractivity contribution is 9.10. The van der Waals surface area contributed by atoms with Gasteiger partial charge in [-0.1, -0.05) is 47.1 Å². The van der Waals surface area contributed by atoms with E-state index in [1.807, 2.05) is 31.2 Å². The minimum atomic E-state index is -4.93. The predicted octanol–water partition coefficient (Wildman–Crippen LogP) is 7.51. The second kappa shape index (κ2) is 9.31. The maximum absolute atomic E-state index is 13.7. The summed E-state index contributed by atoms with van der Waals surface area (Å²) < 4.78 is 58.3. The maximum atomic E-state index is 13.7. The third-order valence-electron chi connectivity index (χ3n) is 4.95. The molecule has 0 spiro atoms. The van der Waals surface area contributed by atoms with Gasteiger partial charge in [-0.2, -0.15) is 13.2 Å². The molecule has 0 aliphatic carbocycles. The zero-order valence-electron chi connectivity index (χ0n) is 17.4. The van der Waals surface area contributed by atoms with E-state index in [0.29, 0.717) is 0 Å². The van der Waals surface area contributed by atoms with E-state index < -0.39 is 23.1 Å². The molecule has 4 nitrogen and oxygen atoms in total. The highest BCUT2D eigenvalue weighted by atomic mass is 79.9. The smallest absolute Gasteiger partial charge is 0.453 e. The first kappa shape index (κ1) is 22.9. The lowest BCUT2D eigenvalue weighted by atomic mass is 10.1. The fourth-order valence-electron chi connectivity index (χ4n) is 3.18. The Balaban J connectivity index is 1.69. The lowest BCUT2D eigenvalue weighted by Crippen LogP contribution is -2.15. The first-order valence-corrected chi connectivity index (χ1v) is 10.9. The molecule has 0 fully saturated rings. The topological polar surface area (TPSA) is 48.7 Å². The van der Waals surface area contributed by atoms with Crippen LogP contribution >= 0.6 is 15.9 Å². The first-order chi connectivity index (χ1) is 15.7. The van der Waals surface area contributed by atoms with E-state index in [-0.39, 0.29) is 29.1 Å². The van der Waals surface area contributed by atoms with Crippen LogP contribution in [0.25, 0.3) is 11.0 Å². The summed E-state index contributed by atoms with van der Waals surface area (Å²) in [6.07, 6.45) is -4.17. The molecule has 1 aromatic heterocycles. The number of hydrogen-bond acceptors (Lipinski definition) is 4. The highest BCUT2D eigenvalue weighted by Gasteiger charge is 2.40. The van der Waals surface area contributed by atoms with E-state index in [0.717, 1.165) is 22.0 Å². The minimum absolute atomic E-state index is 0.0424. The van der Waals surface area contributed by atoms with E-state index >= 15 is 0 Å². The molecular formula is C25H18BrF3O4. The Labute approximate surface area is 195 Å². The zero-order valence-corrected chi connectivity index (χ0v) is 19.0. The molecule has 0 aliphatic rings. The van der Waals surface area contributed by atoms with Gasteiger partial charge in [-0.15, -0.1) is 0 Å². The molecule has 0 aliphatic heterocycles. The number of rotatable bonds is 6. The zero-order chi connectivity index (χ0) is 23.6. The van der Waals surface area contributed by atoms with Gasteiger partial charge in [0, 0.05) is 10.5 Å². The Morgan fingerprint density at radius 1 is 0.909 bits per heavy atom. The van der Waals surface area contributed by atoms with Gasteiger partial charge < -0.3 is 13.9 Å². The third kappa shape index (κ3) is 5.22. The van der Waals surface area contributed by atoms with E-state index in [4.69, 9.17) is 13.9 Å². The van der Waals surface area contributed by atoms with Crippen molar-refractivity contribution in [2.75, 3.05) is 0 Å². The average Bonchev–Trinajstić information content (AvgIpc) is 2.80. The predicted molar refractivity (Wildman–Crippen MR) is 122 cm³/mol. The molecule has 0 bridgehead atoms. The molecule has 0 atom stereocenters. The van der Waals surface area contributed by atoms with E-state index in [1.54, 1.807) is 12.1 Å². The van der Waals surface area contributed by atoms with Gasteiger partial charge >= 0.3 is 6.18 Å². The van der Waals surface area contributed by atoms with Crippen LogP contribution in [0.5, 0.6) is 17.2 Å². The Hall–Kier alpha value is -3.26. The van der Waals surface area contributed by atoms with Crippen molar-refractivity contribution >= 4 is 26.9 Å². The standard InChI is InChI=1S/C25H18BrF3O4/c1-2-15-5-9-18(10-6-15)32-23-22(30)20-12-11-19(13-21(20)33-24(23)25(27,28)29)31-14-16-3-7-17(26)8-4-16/h3-13H,2,14H2,1H3. The SMILES string of the molecule is CCc1ccc(Oc2c(C(F)(F)F)oc3cc(OCc4ccc(Br)cc4)ccc3c2=O)cc1. The van der Waals surface area contributed by atoms with Crippen molar-refractivity contribution in [2.24, 2.45) is 0 Å². The molecule has 170 valence electrons. The van der Waals surface area contributed by atoms with Gasteiger partial charge in [-0.25, -0.2) is 0 Å². The van der Waals surface area contributed by atoms with Crippen LogP contribution in [-0.4, -0.2) is 0 Å². The van der Waals surface area contributed by atoms with Crippen molar-refractivity contribution in [3.63, 3.8) is 0 Å². The van der Waals surface area contributed by atoms with Gasteiger partial charge in [0.15, 0.2) is 0 Å². The maximum Gasteiger partial charge on any atom is 0.453 e. The summed E-state index contributed by atoms with van der Waals surface area (Å²) in [6.45, 7) is 2.15. The summed E-state index contributed by atoms with van der Waals surface area (Å²) in [5.41, 5.74) is 0.699. The van der Waals surface area contributed by atoms with Crippen molar-refractivity contribution in [3.05, 3.63) is 98.3 Å². The van der Waals surface area contributed by atoms with Crippen LogP contribution in [-0.2, 0) is 19.2 Å². The van der Waals surface area contributed by atoms with Crippen LogP contribution in [0, 0.1) is 0 Å². The summed E-state index contributed by atoms with van der Waals surface area (Å²) in [4.78, 5) is 12.9. The second-order valence-corrected chi connectivity index (χ2v) is 8.18. The molecule has 0 saturated carbocycles. The largest absolute Gasteiger partial charge is 0.489 e. The molecule has 0 amide bonds. The quantitative estimate of drug-likeness (QED) is 0.265. The molecule has 8 heteroatoms. The lowest BCUT2D eigenvalue weighted by Gasteiger charge is -2.14. The number of ether oxygens (including phenoxy) is 2. The molecule has 4 aromatic rings. The van der Waals surface area contributed by atoms with Gasteiger partial charge in [0.05, 0.1) is 5.39 Å². The Bertz CT molecular complexity index is 1330. The first-order valence-electron chi connectivity index (χ1n) is 10.1. The Kier molecular flexibility index (Phi) is 6.47.